The van der Waals surface area contributed by atoms with Crippen molar-refractivity contribution in [2.24, 2.45) is 5.92 Å². The summed E-state index contributed by atoms with van der Waals surface area (Å²) >= 11 is 0. The van der Waals surface area contributed by atoms with E-state index in [9.17, 15) is 4.79 Å². The van der Waals surface area contributed by atoms with Crippen LogP contribution in [0.5, 0.6) is 17.2 Å². The number of benzene rings is 1. The molecule has 0 saturated carbocycles. The maximum absolute atomic E-state index is 13.2. The molecule has 3 rings (SSSR count). The molecule has 1 saturated heterocycles. The number of aromatic nitrogens is 2. The van der Waals surface area contributed by atoms with Gasteiger partial charge < -0.3 is 14.2 Å². The number of ether oxygens (including phenoxy) is 3. The Kier molecular flexibility index (Phi) is 5.84. The minimum absolute atomic E-state index is 0.109. The van der Waals surface area contributed by atoms with Gasteiger partial charge in [-0.05, 0) is 51.8 Å². The molecule has 0 aliphatic carbocycles. The first kappa shape index (κ1) is 20.5. The van der Waals surface area contributed by atoms with Gasteiger partial charge in [-0.25, -0.2) is 4.98 Å². The molecule has 1 aliphatic rings. The first-order valence-corrected chi connectivity index (χ1v) is 9.75. The van der Waals surface area contributed by atoms with Crippen LogP contribution in [-0.4, -0.2) is 54.4 Å². The predicted octanol–water partition coefficient (Wildman–Crippen LogP) is 2.93. The molecule has 1 aromatic carbocycles. The minimum Gasteiger partial charge on any atom is -0.493 e. The Morgan fingerprint density at radius 1 is 1.11 bits per heavy atom. The quantitative estimate of drug-likeness (QED) is 0.757. The molecule has 1 aliphatic heterocycles. The minimum atomic E-state index is -0.139. The fraction of sp³-hybridized carbons (Fsp3) is 0.619. The van der Waals surface area contributed by atoms with Gasteiger partial charge in [0.05, 0.1) is 33.0 Å². The maximum Gasteiger partial charge on any atom is 0.261 e. The Hall–Kier alpha value is -2.28. The standard InChI is InChI=1S/C21H31N3O4/c1-14-7-9-24(10-8-14)21(2,3)12-23-13-22-17-15(20(23)25)11-16(26-4)18(27-5)19(17)28-6/h11,13-14H,7-10,12H2,1-6H3. The zero-order valence-corrected chi connectivity index (χ0v) is 17.7. The Morgan fingerprint density at radius 2 is 1.75 bits per heavy atom. The molecule has 1 aromatic heterocycles. The number of nitrogens with zero attached hydrogens (tertiary/aromatic N) is 3. The molecule has 2 heterocycles. The Morgan fingerprint density at radius 3 is 2.32 bits per heavy atom. The number of methoxy groups -OCH3 is 3. The predicted molar refractivity (Wildman–Crippen MR) is 110 cm³/mol. The van der Waals surface area contributed by atoms with Gasteiger partial charge in [0.1, 0.15) is 5.52 Å². The summed E-state index contributed by atoms with van der Waals surface area (Å²) in [5, 5.41) is 0.458. The van der Waals surface area contributed by atoms with Crippen molar-refractivity contribution in [3.8, 4) is 17.2 Å². The van der Waals surface area contributed by atoms with Crippen LogP contribution in [0.1, 0.15) is 33.6 Å². The largest absolute Gasteiger partial charge is 0.493 e. The lowest BCUT2D eigenvalue weighted by Crippen LogP contribution is -2.51. The molecule has 7 heteroatoms. The van der Waals surface area contributed by atoms with Gasteiger partial charge >= 0.3 is 0 Å². The first-order chi connectivity index (χ1) is 13.3. The topological polar surface area (TPSA) is 65.8 Å². The number of likely N-dealkylation sites (tertiary alicyclic amines) is 1. The van der Waals surface area contributed by atoms with E-state index >= 15 is 0 Å². The van der Waals surface area contributed by atoms with Crippen LogP contribution >= 0.6 is 0 Å². The molecule has 0 radical (unpaired) electrons. The first-order valence-electron chi connectivity index (χ1n) is 9.75. The molecule has 7 nitrogen and oxygen atoms in total. The van der Waals surface area contributed by atoms with Crippen molar-refractivity contribution in [2.45, 2.75) is 45.7 Å². The van der Waals surface area contributed by atoms with E-state index in [1.165, 1.54) is 27.1 Å². The number of rotatable bonds is 6. The lowest BCUT2D eigenvalue weighted by molar-refractivity contribution is 0.0643. The molecule has 1 fully saturated rings. The lowest BCUT2D eigenvalue weighted by Gasteiger charge is -2.42. The summed E-state index contributed by atoms with van der Waals surface area (Å²) in [5.74, 6) is 2.06. The molecule has 0 unspecified atom stereocenters. The average Bonchev–Trinajstić information content (AvgIpc) is 2.68. The summed E-state index contributed by atoms with van der Waals surface area (Å²) in [6.07, 6.45) is 4.00. The van der Waals surface area contributed by atoms with Crippen molar-refractivity contribution in [1.82, 2.24) is 14.5 Å². The van der Waals surface area contributed by atoms with Gasteiger partial charge in [0, 0.05) is 12.1 Å². The number of fused-ring (bicyclic) bond motifs is 1. The monoisotopic (exact) mass is 389 g/mol. The van der Waals surface area contributed by atoms with Crippen LogP contribution in [0.4, 0.5) is 0 Å². The van der Waals surface area contributed by atoms with Gasteiger partial charge in [-0.1, -0.05) is 6.92 Å². The van der Waals surface area contributed by atoms with Crippen LogP contribution in [0, 0.1) is 5.92 Å². The smallest absolute Gasteiger partial charge is 0.261 e. The van der Waals surface area contributed by atoms with Gasteiger partial charge in [0.2, 0.25) is 5.75 Å². The van der Waals surface area contributed by atoms with E-state index in [1.807, 2.05) is 0 Å². The zero-order valence-electron chi connectivity index (χ0n) is 17.7. The van der Waals surface area contributed by atoms with Crippen LogP contribution in [0.15, 0.2) is 17.2 Å². The number of hydrogen-bond acceptors (Lipinski definition) is 6. The van der Waals surface area contributed by atoms with Gasteiger partial charge in [0.15, 0.2) is 11.5 Å². The third-order valence-corrected chi connectivity index (χ3v) is 5.82. The van der Waals surface area contributed by atoms with Crippen molar-refractivity contribution in [1.29, 1.82) is 0 Å². The number of piperidine rings is 1. The van der Waals surface area contributed by atoms with Crippen molar-refractivity contribution in [3.05, 3.63) is 22.7 Å². The Balaban J connectivity index is 2.01. The third-order valence-electron chi connectivity index (χ3n) is 5.82. The van der Waals surface area contributed by atoms with Gasteiger partial charge in [-0.2, -0.15) is 0 Å². The Bertz CT molecular complexity index is 899. The lowest BCUT2D eigenvalue weighted by atomic mass is 9.93. The highest BCUT2D eigenvalue weighted by molar-refractivity contribution is 5.89. The summed E-state index contributed by atoms with van der Waals surface area (Å²) in [6, 6.07) is 1.68. The third kappa shape index (κ3) is 3.68. The highest BCUT2D eigenvalue weighted by Crippen LogP contribution is 2.41. The van der Waals surface area contributed by atoms with Crippen LogP contribution in [0.2, 0.25) is 0 Å². The summed E-state index contributed by atoms with van der Waals surface area (Å²) < 4.78 is 18.0. The van der Waals surface area contributed by atoms with Gasteiger partial charge in [0.25, 0.3) is 5.56 Å². The molecule has 0 bridgehead atoms. The summed E-state index contributed by atoms with van der Waals surface area (Å²) in [7, 11) is 4.61. The normalized spacial score (nSPS) is 16.4. The highest BCUT2D eigenvalue weighted by Gasteiger charge is 2.31. The fourth-order valence-electron chi connectivity index (χ4n) is 4.01. The fourth-order valence-corrected chi connectivity index (χ4v) is 4.01. The molecule has 0 spiro atoms. The molecule has 0 atom stereocenters. The van der Waals surface area contributed by atoms with E-state index in [1.54, 1.807) is 24.1 Å². The van der Waals surface area contributed by atoms with Crippen LogP contribution in [0.25, 0.3) is 10.9 Å². The van der Waals surface area contributed by atoms with Crippen molar-refractivity contribution in [2.75, 3.05) is 34.4 Å². The highest BCUT2D eigenvalue weighted by atomic mass is 16.5. The molecular formula is C21H31N3O4. The number of hydrogen-bond donors (Lipinski definition) is 0. The zero-order chi connectivity index (χ0) is 20.5. The summed E-state index contributed by atoms with van der Waals surface area (Å²) in [5.41, 5.74) is 0.230. The second-order valence-corrected chi connectivity index (χ2v) is 8.20. The van der Waals surface area contributed by atoms with Crippen molar-refractivity contribution >= 4 is 10.9 Å². The average molecular weight is 389 g/mol. The Labute approximate surface area is 166 Å². The molecule has 0 N–H and O–H groups in total. The van der Waals surface area contributed by atoms with E-state index in [0.29, 0.717) is 34.7 Å². The van der Waals surface area contributed by atoms with Gasteiger partial charge in [-0.3, -0.25) is 14.3 Å². The van der Waals surface area contributed by atoms with Crippen LogP contribution in [0.3, 0.4) is 0 Å². The van der Waals surface area contributed by atoms with E-state index in [4.69, 9.17) is 14.2 Å². The van der Waals surface area contributed by atoms with Crippen molar-refractivity contribution in [3.63, 3.8) is 0 Å². The SMILES string of the molecule is COc1cc2c(=O)n(CC(C)(C)N3CCC(C)CC3)cnc2c(OC)c1OC. The molecular weight excluding hydrogens is 358 g/mol. The summed E-state index contributed by atoms with van der Waals surface area (Å²) in [4.78, 5) is 20.2. The second kappa shape index (κ2) is 7.99. The van der Waals surface area contributed by atoms with Crippen molar-refractivity contribution < 1.29 is 14.2 Å². The molecule has 28 heavy (non-hydrogen) atoms. The molecule has 0 amide bonds. The van der Waals surface area contributed by atoms with Gasteiger partial charge in [-0.15, -0.1) is 0 Å². The van der Waals surface area contributed by atoms with E-state index < -0.39 is 0 Å². The van der Waals surface area contributed by atoms with E-state index in [-0.39, 0.29) is 11.1 Å². The van der Waals surface area contributed by atoms with E-state index in [0.717, 1.165) is 19.0 Å². The maximum atomic E-state index is 13.2. The van der Waals surface area contributed by atoms with E-state index in [2.05, 4.69) is 30.7 Å². The van der Waals surface area contributed by atoms with Crippen LogP contribution < -0.4 is 19.8 Å². The molecule has 154 valence electrons. The summed E-state index contributed by atoms with van der Waals surface area (Å²) in [6.45, 7) is 9.37. The van der Waals surface area contributed by atoms with Crippen LogP contribution in [-0.2, 0) is 6.54 Å². The second-order valence-electron chi connectivity index (χ2n) is 8.20. The molecule has 2 aromatic rings.